The average molecular weight is 386 g/mol. The molecule has 0 N–H and O–H groups in total. The molecule has 8 heteroatoms. The number of aryl methyl sites for hydroxylation is 2. The summed E-state index contributed by atoms with van der Waals surface area (Å²) in [5, 5.41) is 11.1. The van der Waals surface area contributed by atoms with Gasteiger partial charge in [0.25, 0.3) is 11.2 Å². The van der Waals surface area contributed by atoms with Gasteiger partial charge in [0, 0.05) is 6.07 Å². The number of fused-ring (bicyclic) bond motifs is 3. The minimum atomic E-state index is -0.544. The lowest BCUT2D eigenvalue weighted by molar-refractivity contribution is -0.384. The molecule has 2 aromatic carbocycles. The molecule has 0 bridgehead atoms. The Bertz CT molecular complexity index is 1320. The van der Waals surface area contributed by atoms with Gasteiger partial charge in [-0.15, -0.1) is 0 Å². The Labute approximate surface area is 156 Å². The summed E-state index contributed by atoms with van der Waals surface area (Å²) in [5.74, 6) is 0. The molecule has 0 aliphatic rings. The van der Waals surface area contributed by atoms with E-state index in [-0.39, 0.29) is 16.3 Å². The van der Waals surface area contributed by atoms with Crippen molar-refractivity contribution < 1.29 is 4.92 Å². The topological polar surface area (TPSA) is 77.5 Å². The fourth-order valence-corrected chi connectivity index (χ4v) is 4.19. The van der Waals surface area contributed by atoms with Gasteiger partial charge < -0.3 is 0 Å². The van der Waals surface area contributed by atoms with Gasteiger partial charge in [0.1, 0.15) is 5.02 Å². The van der Waals surface area contributed by atoms with Crippen LogP contribution >= 0.6 is 22.9 Å². The Morgan fingerprint density at radius 3 is 2.77 bits per heavy atom. The highest BCUT2D eigenvalue weighted by atomic mass is 35.5. The molecule has 4 aromatic rings. The third-order valence-corrected chi connectivity index (χ3v) is 5.43. The van der Waals surface area contributed by atoms with Crippen molar-refractivity contribution in [1.82, 2.24) is 9.38 Å². The second kappa shape index (κ2) is 5.89. The molecule has 26 heavy (non-hydrogen) atoms. The fourth-order valence-electron chi connectivity index (χ4n) is 3.02. The standard InChI is InChI=1S/C18H12ClN3O3S/c1-9-5-10(2)16-14(6-9)21-17(23)15(26-18(21)20-16)8-11-3-4-12(19)13(7-11)22(24)25/h3-8H,1-2H3. The predicted octanol–water partition coefficient (Wildman–Crippen LogP) is 3.64. The summed E-state index contributed by atoms with van der Waals surface area (Å²) in [6, 6.07) is 8.42. The molecule has 0 aliphatic heterocycles. The van der Waals surface area contributed by atoms with Crippen LogP contribution in [0.4, 0.5) is 5.69 Å². The van der Waals surface area contributed by atoms with Crippen molar-refractivity contribution in [2.75, 3.05) is 0 Å². The minimum Gasteiger partial charge on any atom is -0.267 e. The fraction of sp³-hybridized carbons (Fsp3) is 0.111. The van der Waals surface area contributed by atoms with Gasteiger partial charge in [0.2, 0.25) is 0 Å². The maximum atomic E-state index is 12.9. The van der Waals surface area contributed by atoms with Gasteiger partial charge in [-0.3, -0.25) is 14.9 Å². The monoisotopic (exact) mass is 385 g/mol. The van der Waals surface area contributed by atoms with Crippen LogP contribution in [0, 0.1) is 24.0 Å². The first kappa shape index (κ1) is 16.7. The minimum absolute atomic E-state index is 0.0624. The molecule has 0 spiro atoms. The predicted molar refractivity (Wildman–Crippen MR) is 103 cm³/mol. The van der Waals surface area contributed by atoms with Crippen molar-refractivity contribution >= 4 is 50.7 Å². The van der Waals surface area contributed by atoms with Crippen LogP contribution in [0.15, 0.2) is 35.1 Å². The number of imidazole rings is 1. The number of hydrogen-bond donors (Lipinski definition) is 0. The van der Waals surface area contributed by atoms with Gasteiger partial charge in [0.15, 0.2) is 4.96 Å². The third-order valence-electron chi connectivity index (χ3n) is 4.14. The Balaban J connectivity index is 1.97. The zero-order valence-electron chi connectivity index (χ0n) is 13.8. The highest BCUT2D eigenvalue weighted by molar-refractivity contribution is 7.15. The molecular formula is C18H12ClN3O3S. The van der Waals surface area contributed by atoms with E-state index in [0.717, 1.165) is 22.2 Å². The highest BCUT2D eigenvalue weighted by Gasteiger charge is 2.15. The molecule has 0 fully saturated rings. The van der Waals surface area contributed by atoms with Gasteiger partial charge >= 0.3 is 0 Å². The first-order valence-corrected chi connectivity index (χ1v) is 8.92. The van der Waals surface area contributed by atoms with Crippen molar-refractivity contribution in [2.24, 2.45) is 0 Å². The number of thiazole rings is 1. The highest BCUT2D eigenvalue weighted by Crippen LogP contribution is 2.25. The molecule has 0 atom stereocenters. The number of halogens is 1. The lowest BCUT2D eigenvalue weighted by atomic mass is 10.1. The van der Waals surface area contributed by atoms with E-state index in [4.69, 9.17) is 11.6 Å². The zero-order valence-corrected chi connectivity index (χ0v) is 15.4. The summed E-state index contributed by atoms with van der Waals surface area (Å²) < 4.78 is 2.06. The van der Waals surface area contributed by atoms with E-state index in [1.165, 1.54) is 23.5 Å². The first-order valence-electron chi connectivity index (χ1n) is 7.73. The van der Waals surface area contributed by atoms with E-state index in [1.54, 1.807) is 16.5 Å². The van der Waals surface area contributed by atoms with E-state index in [1.807, 2.05) is 26.0 Å². The smallest absolute Gasteiger partial charge is 0.267 e. The quantitative estimate of drug-likeness (QED) is 0.390. The molecule has 130 valence electrons. The van der Waals surface area contributed by atoms with Crippen LogP contribution < -0.4 is 10.1 Å². The molecule has 0 unspecified atom stereocenters. The van der Waals surface area contributed by atoms with Crippen LogP contribution in [-0.2, 0) is 0 Å². The van der Waals surface area contributed by atoms with Crippen LogP contribution in [0.5, 0.6) is 0 Å². The number of nitro benzene ring substituents is 1. The largest absolute Gasteiger partial charge is 0.288 e. The van der Waals surface area contributed by atoms with Gasteiger partial charge in [0.05, 0.1) is 20.5 Å². The first-order chi connectivity index (χ1) is 12.3. The van der Waals surface area contributed by atoms with E-state index in [0.29, 0.717) is 15.1 Å². The Hall–Kier alpha value is -2.77. The maximum Gasteiger partial charge on any atom is 0.288 e. The number of aromatic nitrogens is 2. The number of nitrogens with zero attached hydrogens (tertiary/aromatic N) is 3. The molecule has 0 saturated carbocycles. The summed E-state index contributed by atoms with van der Waals surface area (Å²) in [6.07, 6.45) is 1.62. The summed E-state index contributed by atoms with van der Waals surface area (Å²) in [6.45, 7) is 3.94. The van der Waals surface area contributed by atoms with Crippen LogP contribution in [0.1, 0.15) is 16.7 Å². The lowest BCUT2D eigenvalue weighted by Crippen LogP contribution is -2.22. The van der Waals surface area contributed by atoms with E-state index in [2.05, 4.69) is 4.98 Å². The third kappa shape index (κ3) is 2.56. The SMILES string of the molecule is Cc1cc(C)c2nc3sc(=Cc4ccc(Cl)c([N+](=O)[O-])c4)c(=O)n3c2c1. The van der Waals surface area contributed by atoms with E-state index in [9.17, 15) is 14.9 Å². The molecule has 0 aliphatic carbocycles. The van der Waals surface area contributed by atoms with Crippen LogP contribution in [0.25, 0.3) is 22.1 Å². The number of hydrogen-bond acceptors (Lipinski definition) is 5. The Kier molecular flexibility index (Phi) is 3.78. The molecular weight excluding hydrogens is 374 g/mol. The van der Waals surface area contributed by atoms with Crippen LogP contribution in [0.3, 0.4) is 0 Å². The number of rotatable bonds is 2. The second-order valence-corrected chi connectivity index (χ2v) is 7.48. The molecule has 2 aromatic heterocycles. The maximum absolute atomic E-state index is 12.9. The molecule has 6 nitrogen and oxygen atoms in total. The summed E-state index contributed by atoms with van der Waals surface area (Å²) in [7, 11) is 0. The summed E-state index contributed by atoms with van der Waals surface area (Å²) in [4.78, 5) is 28.5. The van der Waals surface area contributed by atoms with Crippen molar-refractivity contribution in [3.63, 3.8) is 0 Å². The van der Waals surface area contributed by atoms with Crippen molar-refractivity contribution in [3.05, 3.63) is 77.0 Å². The van der Waals surface area contributed by atoms with Crippen LogP contribution in [0.2, 0.25) is 5.02 Å². The second-order valence-electron chi connectivity index (χ2n) is 6.06. The summed E-state index contributed by atoms with van der Waals surface area (Å²) in [5.41, 5.74) is 3.84. The normalized spacial score (nSPS) is 12.3. The van der Waals surface area contributed by atoms with E-state index >= 15 is 0 Å². The van der Waals surface area contributed by atoms with Gasteiger partial charge in [-0.1, -0.05) is 35.1 Å². The Morgan fingerprint density at radius 2 is 2.04 bits per heavy atom. The average Bonchev–Trinajstić information content (AvgIpc) is 3.07. The van der Waals surface area contributed by atoms with E-state index < -0.39 is 4.92 Å². The summed E-state index contributed by atoms with van der Waals surface area (Å²) >= 11 is 7.10. The molecule has 0 radical (unpaired) electrons. The lowest BCUT2D eigenvalue weighted by Gasteiger charge is -1.98. The van der Waals surface area contributed by atoms with Gasteiger partial charge in [-0.2, -0.15) is 0 Å². The number of benzene rings is 2. The van der Waals surface area contributed by atoms with Gasteiger partial charge in [-0.05, 0) is 48.7 Å². The van der Waals surface area contributed by atoms with Crippen molar-refractivity contribution in [1.29, 1.82) is 0 Å². The number of nitro groups is 1. The van der Waals surface area contributed by atoms with Crippen LogP contribution in [-0.4, -0.2) is 14.3 Å². The van der Waals surface area contributed by atoms with Crippen molar-refractivity contribution in [3.8, 4) is 0 Å². The molecule has 0 amide bonds. The van der Waals surface area contributed by atoms with Gasteiger partial charge in [-0.25, -0.2) is 9.38 Å². The molecule has 4 rings (SSSR count). The van der Waals surface area contributed by atoms with Crippen molar-refractivity contribution in [2.45, 2.75) is 13.8 Å². The molecule has 2 heterocycles. The zero-order chi connectivity index (χ0) is 18.6. The Morgan fingerprint density at radius 1 is 1.27 bits per heavy atom. The molecule has 0 saturated heterocycles.